The molecule has 1 amide bonds. The highest BCUT2D eigenvalue weighted by Crippen LogP contribution is 2.33. The van der Waals surface area contributed by atoms with E-state index in [9.17, 15) is 9.59 Å². The lowest BCUT2D eigenvalue weighted by Gasteiger charge is -2.10. The minimum absolute atomic E-state index is 0.231. The highest BCUT2D eigenvalue weighted by molar-refractivity contribution is 8.18. The van der Waals surface area contributed by atoms with Crippen LogP contribution in [0.2, 0.25) is 0 Å². The van der Waals surface area contributed by atoms with E-state index in [4.69, 9.17) is 14.2 Å². The molecule has 1 heterocycles. The standard InChI is InChI=1S/C26H22N2O5S/c1-16-5-4-6-19(13-16)27-26-28-24(29)23(34-26)15-17-7-12-21(22(14-17)32-3)33-25(30)18-8-10-20(31-2)11-9-18/h4-15H,1-3H3,(H,27,28,29). The maximum absolute atomic E-state index is 12.5. The second-order valence-electron chi connectivity index (χ2n) is 7.35. The maximum atomic E-state index is 12.5. The number of nitrogens with one attached hydrogen (secondary N) is 1. The van der Waals surface area contributed by atoms with Gasteiger partial charge in [-0.1, -0.05) is 18.2 Å². The first-order valence-corrected chi connectivity index (χ1v) is 11.2. The number of hydrogen-bond donors (Lipinski definition) is 1. The Morgan fingerprint density at radius 1 is 0.971 bits per heavy atom. The van der Waals surface area contributed by atoms with Crippen LogP contribution in [0.25, 0.3) is 6.08 Å². The smallest absolute Gasteiger partial charge is 0.343 e. The van der Waals surface area contributed by atoms with E-state index >= 15 is 0 Å². The summed E-state index contributed by atoms with van der Waals surface area (Å²) in [4.78, 5) is 29.9. The Bertz CT molecular complexity index is 1300. The number of thioether (sulfide) groups is 1. The molecule has 1 aliphatic heterocycles. The van der Waals surface area contributed by atoms with E-state index in [2.05, 4.69) is 10.3 Å². The molecule has 0 radical (unpaired) electrons. The maximum Gasteiger partial charge on any atom is 0.343 e. The molecule has 1 saturated heterocycles. The van der Waals surface area contributed by atoms with Gasteiger partial charge >= 0.3 is 5.97 Å². The highest BCUT2D eigenvalue weighted by Gasteiger charge is 2.24. The third kappa shape index (κ3) is 5.47. The molecule has 0 atom stereocenters. The molecule has 0 aromatic heterocycles. The van der Waals surface area contributed by atoms with Crippen molar-refractivity contribution in [1.29, 1.82) is 0 Å². The van der Waals surface area contributed by atoms with Gasteiger partial charge < -0.3 is 19.5 Å². The lowest BCUT2D eigenvalue weighted by Crippen LogP contribution is -2.19. The number of aliphatic imine (C=N–C) groups is 1. The quantitative estimate of drug-likeness (QED) is 0.303. The van der Waals surface area contributed by atoms with Gasteiger partial charge in [0.25, 0.3) is 5.91 Å². The van der Waals surface area contributed by atoms with Crippen molar-refractivity contribution in [1.82, 2.24) is 5.32 Å². The van der Waals surface area contributed by atoms with Crippen LogP contribution in [0.4, 0.5) is 5.69 Å². The molecule has 0 unspecified atom stereocenters. The number of amidine groups is 1. The monoisotopic (exact) mass is 474 g/mol. The van der Waals surface area contributed by atoms with Crippen molar-refractivity contribution in [3.63, 3.8) is 0 Å². The summed E-state index contributed by atoms with van der Waals surface area (Å²) in [6.45, 7) is 1.99. The van der Waals surface area contributed by atoms with Gasteiger partial charge in [-0.05, 0) is 84.4 Å². The van der Waals surface area contributed by atoms with Crippen LogP contribution in [0.3, 0.4) is 0 Å². The van der Waals surface area contributed by atoms with Crippen LogP contribution in [-0.2, 0) is 4.79 Å². The zero-order valence-electron chi connectivity index (χ0n) is 18.8. The molecule has 0 saturated carbocycles. The minimum Gasteiger partial charge on any atom is -0.497 e. The molecule has 0 spiro atoms. The van der Waals surface area contributed by atoms with E-state index in [1.165, 1.54) is 18.9 Å². The molecule has 3 aromatic rings. The summed E-state index contributed by atoms with van der Waals surface area (Å²) in [5.41, 5.74) is 2.96. The molecule has 8 heteroatoms. The number of amides is 1. The van der Waals surface area contributed by atoms with E-state index in [-0.39, 0.29) is 11.7 Å². The average Bonchev–Trinajstić information content (AvgIpc) is 3.18. The Kier molecular flexibility index (Phi) is 6.98. The van der Waals surface area contributed by atoms with Gasteiger partial charge in [-0.2, -0.15) is 0 Å². The van der Waals surface area contributed by atoms with Crippen molar-refractivity contribution in [3.8, 4) is 17.2 Å². The topological polar surface area (TPSA) is 86.2 Å². The van der Waals surface area contributed by atoms with Crippen molar-refractivity contribution in [2.24, 2.45) is 4.99 Å². The molecule has 34 heavy (non-hydrogen) atoms. The number of benzene rings is 3. The summed E-state index contributed by atoms with van der Waals surface area (Å²) in [6, 6.07) is 19.4. The minimum atomic E-state index is -0.519. The van der Waals surface area contributed by atoms with Gasteiger partial charge in [0, 0.05) is 0 Å². The number of nitrogens with zero attached hydrogens (tertiary/aromatic N) is 1. The van der Waals surface area contributed by atoms with Crippen LogP contribution in [-0.4, -0.2) is 31.3 Å². The largest absolute Gasteiger partial charge is 0.497 e. The second kappa shape index (κ2) is 10.3. The molecule has 1 fully saturated rings. The van der Waals surface area contributed by atoms with E-state index in [1.807, 2.05) is 31.2 Å². The molecule has 172 valence electrons. The zero-order valence-corrected chi connectivity index (χ0v) is 19.6. The Balaban J connectivity index is 1.50. The van der Waals surface area contributed by atoms with Gasteiger partial charge in [-0.3, -0.25) is 4.79 Å². The summed E-state index contributed by atoms with van der Waals surface area (Å²) < 4.78 is 16.0. The third-order valence-corrected chi connectivity index (χ3v) is 5.81. The van der Waals surface area contributed by atoms with Crippen molar-refractivity contribution in [2.75, 3.05) is 14.2 Å². The molecule has 1 N–H and O–H groups in total. The van der Waals surface area contributed by atoms with Gasteiger partial charge in [0.1, 0.15) is 5.75 Å². The van der Waals surface area contributed by atoms with E-state index in [0.29, 0.717) is 27.1 Å². The summed E-state index contributed by atoms with van der Waals surface area (Å²) in [7, 11) is 3.04. The first-order chi connectivity index (χ1) is 16.4. The Morgan fingerprint density at radius 3 is 2.47 bits per heavy atom. The van der Waals surface area contributed by atoms with Crippen molar-refractivity contribution >= 4 is 40.6 Å². The molecular formula is C26H22N2O5S. The van der Waals surface area contributed by atoms with Gasteiger partial charge in [-0.25, -0.2) is 9.79 Å². The summed E-state index contributed by atoms with van der Waals surface area (Å²) in [5.74, 6) is 0.538. The van der Waals surface area contributed by atoms with Crippen LogP contribution in [0.1, 0.15) is 21.5 Å². The summed E-state index contributed by atoms with van der Waals surface area (Å²) in [5, 5.41) is 3.29. The highest BCUT2D eigenvalue weighted by atomic mass is 32.2. The van der Waals surface area contributed by atoms with Gasteiger partial charge in [-0.15, -0.1) is 0 Å². The number of carbonyl (C=O) groups excluding carboxylic acids is 2. The Morgan fingerprint density at radius 2 is 1.76 bits per heavy atom. The number of rotatable bonds is 6. The van der Waals surface area contributed by atoms with Gasteiger partial charge in [0.05, 0.1) is 30.4 Å². The normalized spacial score (nSPS) is 15.3. The molecule has 0 bridgehead atoms. The molecular weight excluding hydrogens is 452 g/mol. The van der Waals surface area contributed by atoms with Crippen LogP contribution < -0.4 is 19.5 Å². The van der Waals surface area contributed by atoms with E-state index in [0.717, 1.165) is 16.8 Å². The summed E-state index contributed by atoms with van der Waals surface area (Å²) >= 11 is 1.26. The number of hydrogen-bond acceptors (Lipinski definition) is 7. The number of aryl methyl sites for hydroxylation is 1. The average molecular weight is 475 g/mol. The lowest BCUT2D eigenvalue weighted by atomic mass is 10.1. The molecule has 1 aliphatic rings. The van der Waals surface area contributed by atoms with Crippen LogP contribution in [0.15, 0.2) is 76.6 Å². The zero-order chi connectivity index (χ0) is 24.1. The predicted octanol–water partition coefficient (Wildman–Crippen LogP) is 5.12. The van der Waals surface area contributed by atoms with Crippen molar-refractivity contribution in [2.45, 2.75) is 6.92 Å². The van der Waals surface area contributed by atoms with Crippen molar-refractivity contribution < 1.29 is 23.8 Å². The fourth-order valence-corrected chi connectivity index (χ4v) is 4.03. The number of esters is 1. The second-order valence-corrected chi connectivity index (χ2v) is 8.38. The first kappa shape index (κ1) is 23.1. The number of methoxy groups -OCH3 is 2. The van der Waals surface area contributed by atoms with E-state index in [1.54, 1.807) is 55.7 Å². The number of carbonyl (C=O) groups is 2. The summed E-state index contributed by atoms with van der Waals surface area (Å²) in [6.07, 6.45) is 1.73. The van der Waals surface area contributed by atoms with E-state index < -0.39 is 5.97 Å². The molecule has 7 nitrogen and oxygen atoms in total. The molecule has 0 aliphatic carbocycles. The fraction of sp³-hybridized carbons (Fsp3) is 0.115. The fourth-order valence-electron chi connectivity index (χ4n) is 3.19. The number of ether oxygens (including phenoxy) is 3. The Hall–Kier alpha value is -4.04. The van der Waals surface area contributed by atoms with Crippen LogP contribution >= 0.6 is 11.8 Å². The van der Waals surface area contributed by atoms with Crippen LogP contribution in [0.5, 0.6) is 17.2 Å². The first-order valence-electron chi connectivity index (χ1n) is 10.4. The van der Waals surface area contributed by atoms with Gasteiger partial charge in [0.2, 0.25) is 0 Å². The van der Waals surface area contributed by atoms with Crippen LogP contribution in [0, 0.1) is 6.92 Å². The third-order valence-electron chi connectivity index (χ3n) is 4.90. The SMILES string of the molecule is COc1ccc(C(=O)Oc2ccc(C=C3SC(=Nc4cccc(C)c4)NC3=O)cc2OC)cc1. The Labute approximate surface area is 201 Å². The lowest BCUT2D eigenvalue weighted by molar-refractivity contribution is -0.115. The van der Waals surface area contributed by atoms with Gasteiger partial charge in [0.15, 0.2) is 16.7 Å². The van der Waals surface area contributed by atoms with Crippen molar-refractivity contribution in [3.05, 3.63) is 88.3 Å². The molecule has 3 aromatic carbocycles. The molecule has 4 rings (SSSR count). The predicted molar refractivity (Wildman–Crippen MR) is 133 cm³/mol.